The predicted octanol–water partition coefficient (Wildman–Crippen LogP) is 1.37. The normalized spacial score (nSPS) is 21.1. The number of hydrogen-bond donors (Lipinski definition) is 2. The van der Waals surface area contributed by atoms with E-state index in [-0.39, 0.29) is 6.04 Å². The topological polar surface area (TPSA) is 35.2 Å². The molecule has 1 aromatic carbocycles. The van der Waals surface area contributed by atoms with Crippen LogP contribution in [0, 0.1) is 0 Å². The molecule has 1 aliphatic rings. The average Bonchev–Trinajstić information content (AvgIpc) is 2.33. The summed E-state index contributed by atoms with van der Waals surface area (Å²) < 4.78 is 5.31. The Morgan fingerprint density at radius 1 is 1.55 bits per heavy atom. The predicted molar refractivity (Wildman–Crippen MR) is 46.1 cm³/mol. The van der Waals surface area contributed by atoms with Crippen molar-refractivity contribution in [2.45, 2.75) is 10.9 Å². The Hall–Kier alpha value is -0.670. The standard InChI is InChI=1S/C8H9NOS/c9-7-4-10-8-2-1-5(11)3-6(7)8/h1-3,7,11H,4,9H2/t7-/m1/s1. The minimum atomic E-state index is 0.0251. The maximum absolute atomic E-state index is 5.76. The lowest BCUT2D eigenvalue weighted by atomic mass is 10.1. The van der Waals surface area contributed by atoms with Crippen LogP contribution in [0.3, 0.4) is 0 Å². The van der Waals surface area contributed by atoms with Crippen molar-refractivity contribution in [2.24, 2.45) is 5.73 Å². The van der Waals surface area contributed by atoms with E-state index >= 15 is 0 Å². The fourth-order valence-electron chi connectivity index (χ4n) is 1.23. The molecule has 2 nitrogen and oxygen atoms in total. The molecule has 2 N–H and O–H groups in total. The lowest BCUT2D eigenvalue weighted by Gasteiger charge is -2.00. The summed E-state index contributed by atoms with van der Waals surface area (Å²) in [4.78, 5) is 0.935. The molecule has 0 radical (unpaired) electrons. The molecular weight excluding hydrogens is 158 g/mol. The summed E-state index contributed by atoms with van der Waals surface area (Å²) in [6.45, 7) is 0.590. The third-order valence-corrected chi connectivity index (χ3v) is 2.09. The molecular formula is C8H9NOS. The van der Waals surface area contributed by atoms with Crippen molar-refractivity contribution < 1.29 is 4.74 Å². The molecule has 58 valence electrons. The van der Waals surface area contributed by atoms with Crippen LogP contribution >= 0.6 is 12.6 Å². The SMILES string of the molecule is N[C@@H]1COc2ccc(S)cc21. The van der Waals surface area contributed by atoms with Crippen molar-refractivity contribution in [3.8, 4) is 5.75 Å². The monoisotopic (exact) mass is 167 g/mol. The van der Waals surface area contributed by atoms with E-state index in [9.17, 15) is 0 Å². The van der Waals surface area contributed by atoms with Crippen LogP contribution in [0.2, 0.25) is 0 Å². The number of ether oxygens (including phenoxy) is 1. The van der Waals surface area contributed by atoms with E-state index in [4.69, 9.17) is 10.5 Å². The first-order chi connectivity index (χ1) is 5.27. The van der Waals surface area contributed by atoms with Crippen molar-refractivity contribution in [2.75, 3.05) is 6.61 Å². The summed E-state index contributed by atoms with van der Waals surface area (Å²) in [6.07, 6.45) is 0. The maximum atomic E-state index is 5.76. The van der Waals surface area contributed by atoms with Gasteiger partial charge < -0.3 is 10.5 Å². The zero-order valence-corrected chi connectivity index (χ0v) is 6.84. The first-order valence-electron chi connectivity index (χ1n) is 3.48. The molecule has 0 spiro atoms. The van der Waals surface area contributed by atoms with Crippen molar-refractivity contribution in [1.29, 1.82) is 0 Å². The van der Waals surface area contributed by atoms with E-state index < -0.39 is 0 Å². The van der Waals surface area contributed by atoms with Crippen LogP contribution in [0.5, 0.6) is 5.75 Å². The maximum Gasteiger partial charge on any atom is 0.124 e. The molecule has 11 heavy (non-hydrogen) atoms. The minimum absolute atomic E-state index is 0.0251. The van der Waals surface area contributed by atoms with Crippen LogP contribution in [0.15, 0.2) is 23.1 Å². The molecule has 1 aromatic rings. The second kappa shape index (κ2) is 2.43. The Balaban J connectivity index is 2.52. The second-order valence-electron chi connectivity index (χ2n) is 2.64. The smallest absolute Gasteiger partial charge is 0.124 e. The molecule has 0 aromatic heterocycles. The number of rotatable bonds is 0. The zero-order valence-electron chi connectivity index (χ0n) is 5.95. The number of thiol groups is 1. The highest BCUT2D eigenvalue weighted by atomic mass is 32.1. The van der Waals surface area contributed by atoms with Crippen LogP contribution < -0.4 is 10.5 Å². The van der Waals surface area contributed by atoms with E-state index in [1.165, 1.54) is 0 Å². The molecule has 2 rings (SSSR count). The van der Waals surface area contributed by atoms with Crippen LogP contribution in [0.25, 0.3) is 0 Å². The van der Waals surface area contributed by atoms with Crippen LogP contribution in [-0.2, 0) is 0 Å². The number of hydrogen-bond acceptors (Lipinski definition) is 3. The van der Waals surface area contributed by atoms with Gasteiger partial charge in [-0.15, -0.1) is 12.6 Å². The van der Waals surface area contributed by atoms with Gasteiger partial charge in [0.2, 0.25) is 0 Å². The van der Waals surface area contributed by atoms with E-state index in [0.29, 0.717) is 6.61 Å². The van der Waals surface area contributed by atoms with Crippen LogP contribution in [0.1, 0.15) is 11.6 Å². The number of nitrogens with two attached hydrogens (primary N) is 1. The fraction of sp³-hybridized carbons (Fsp3) is 0.250. The Kier molecular flexibility index (Phi) is 1.55. The number of fused-ring (bicyclic) bond motifs is 1. The van der Waals surface area contributed by atoms with Crippen molar-refractivity contribution in [3.63, 3.8) is 0 Å². The molecule has 0 fully saturated rings. The van der Waals surface area contributed by atoms with Gasteiger partial charge in [-0.3, -0.25) is 0 Å². The van der Waals surface area contributed by atoms with Gasteiger partial charge in [0.1, 0.15) is 12.4 Å². The molecule has 0 unspecified atom stereocenters. The van der Waals surface area contributed by atoms with Gasteiger partial charge in [-0.1, -0.05) is 0 Å². The van der Waals surface area contributed by atoms with Gasteiger partial charge >= 0.3 is 0 Å². The van der Waals surface area contributed by atoms with Gasteiger partial charge in [0.25, 0.3) is 0 Å². The van der Waals surface area contributed by atoms with E-state index in [1.807, 2.05) is 18.2 Å². The summed E-state index contributed by atoms with van der Waals surface area (Å²) in [6, 6.07) is 5.79. The summed E-state index contributed by atoms with van der Waals surface area (Å²) in [7, 11) is 0. The molecule has 0 aliphatic carbocycles. The van der Waals surface area contributed by atoms with Crippen molar-refractivity contribution in [1.82, 2.24) is 0 Å². The summed E-state index contributed by atoms with van der Waals surface area (Å²) in [5.74, 6) is 0.898. The first-order valence-corrected chi connectivity index (χ1v) is 3.93. The summed E-state index contributed by atoms with van der Waals surface area (Å²) >= 11 is 4.21. The highest BCUT2D eigenvalue weighted by molar-refractivity contribution is 7.80. The lowest BCUT2D eigenvalue weighted by Crippen LogP contribution is -2.10. The fourth-order valence-corrected chi connectivity index (χ4v) is 1.44. The molecule has 3 heteroatoms. The average molecular weight is 167 g/mol. The van der Waals surface area contributed by atoms with E-state index in [0.717, 1.165) is 16.2 Å². The summed E-state index contributed by atoms with van der Waals surface area (Å²) in [5.41, 5.74) is 6.82. The van der Waals surface area contributed by atoms with Gasteiger partial charge in [0.05, 0.1) is 6.04 Å². The molecule has 0 bridgehead atoms. The molecule has 0 amide bonds. The molecule has 1 atom stereocenters. The van der Waals surface area contributed by atoms with Crippen molar-refractivity contribution in [3.05, 3.63) is 23.8 Å². The second-order valence-corrected chi connectivity index (χ2v) is 3.16. The molecule has 0 saturated heterocycles. The Morgan fingerprint density at radius 3 is 3.18 bits per heavy atom. The largest absolute Gasteiger partial charge is 0.491 e. The van der Waals surface area contributed by atoms with Gasteiger partial charge in [0.15, 0.2) is 0 Å². The van der Waals surface area contributed by atoms with E-state index in [1.54, 1.807) is 0 Å². The Labute approximate surface area is 70.8 Å². The quantitative estimate of drug-likeness (QED) is 0.572. The lowest BCUT2D eigenvalue weighted by molar-refractivity contribution is 0.333. The third kappa shape index (κ3) is 1.10. The van der Waals surface area contributed by atoms with Gasteiger partial charge in [-0.05, 0) is 18.2 Å². The van der Waals surface area contributed by atoms with Crippen LogP contribution in [-0.4, -0.2) is 6.61 Å². The molecule has 1 aliphatic heterocycles. The van der Waals surface area contributed by atoms with Crippen LogP contribution in [0.4, 0.5) is 0 Å². The van der Waals surface area contributed by atoms with E-state index in [2.05, 4.69) is 12.6 Å². The minimum Gasteiger partial charge on any atom is -0.491 e. The van der Waals surface area contributed by atoms with Gasteiger partial charge in [-0.25, -0.2) is 0 Å². The van der Waals surface area contributed by atoms with Gasteiger partial charge in [-0.2, -0.15) is 0 Å². The molecule has 1 heterocycles. The Bertz CT molecular complexity index is 287. The zero-order chi connectivity index (χ0) is 7.84. The number of benzene rings is 1. The highest BCUT2D eigenvalue weighted by Gasteiger charge is 2.19. The third-order valence-electron chi connectivity index (χ3n) is 1.81. The molecule has 0 saturated carbocycles. The van der Waals surface area contributed by atoms with Gasteiger partial charge in [0, 0.05) is 10.5 Å². The van der Waals surface area contributed by atoms with Crippen molar-refractivity contribution >= 4 is 12.6 Å². The first kappa shape index (κ1) is 7.00. The Morgan fingerprint density at radius 2 is 2.36 bits per heavy atom. The highest BCUT2D eigenvalue weighted by Crippen LogP contribution is 2.31. The summed E-state index contributed by atoms with van der Waals surface area (Å²) in [5, 5.41) is 0.